The first kappa shape index (κ1) is 12.7. The lowest BCUT2D eigenvalue weighted by Crippen LogP contribution is -2.27. The lowest BCUT2D eigenvalue weighted by atomic mass is 10.1. The first-order chi connectivity index (χ1) is 8.19. The third kappa shape index (κ3) is 3.90. The summed E-state index contributed by atoms with van der Waals surface area (Å²) in [7, 11) is 0. The molecule has 0 amide bonds. The van der Waals surface area contributed by atoms with Gasteiger partial charge in [0.05, 0.1) is 6.54 Å². The number of nitrogens with zero attached hydrogens (tertiary/aromatic N) is 3. The number of hydrogen-bond donors (Lipinski definition) is 2. The smallest absolute Gasteiger partial charge is 0.219 e. The molecule has 1 saturated carbocycles. The van der Waals surface area contributed by atoms with E-state index in [0.717, 1.165) is 30.1 Å². The van der Waals surface area contributed by atoms with E-state index in [2.05, 4.69) is 34.4 Å². The van der Waals surface area contributed by atoms with E-state index < -0.39 is 0 Å². The maximum atomic E-state index is 5.31. The molecule has 0 aliphatic heterocycles. The minimum Gasteiger partial charge on any atom is -0.298 e. The zero-order valence-electron chi connectivity index (χ0n) is 10.5. The van der Waals surface area contributed by atoms with Crippen molar-refractivity contribution >= 4 is 16.5 Å². The number of anilines is 1. The van der Waals surface area contributed by atoms with Crippen molar-refractivity contribution in [3.63, 3.8) is 0 Å². The van der Waals surface area contributed by atoms with E-state index >= 15 is 0 Å². The third-order valence-corrected chi connectivity index (χ3v) is 3.82. The monoisotopic (exact) mass is 255 g/mol. The van der Waals surface area contributed by atoms with Gasteiger partial charge in [-0.25, -0.2) is 5.84 Å². The van der Waals surface area contributed by atoms with Crippen LogP contribution in [0, 0.1) is 5.92 Å². The summed E-state index contributed by atoms with van der Waals surface area (Å²) in [4.78, 5) is 2.53. The fourth-order valence-electron chi connectivity index (χ4n) is 1.80. The van der Waals surface area contributed by atoms with E-state index in [0.29, 0.717) is 5.13 Å². The fraction of sp³-hybridized carbons (Fsp3) is 0.818. The number of rotatable bonds is 7. The largest absolute Gasteiger partial charge is 0.298 e. The summed E-state index contributed by atoms with van der Waals surface area (Å²) in [6, 6.07) is 0.770. The molecule has 0 atom stereocenters. The first-order valence-corrected chi connectivity index (χ1v) is 7.03. The summed E-state index contributed by atoms with van der Waals surface area (Å²) in [5, 5.41) is 9.86. The van der Waals surface area contributed by atoms with Crippen LogP contribution in [0.2, 0.25) is 0 Å². The summed E-state index contributed by atoms with van der Waals surface area (Å²) in [5.74, 6) is 6.07. The average molecular weight is 255 g/mol. The Labute approximate surface area is 106 Å². The number of aromatic nitrogens is 2. The molecule has 1 heterocycles. The summed E-state index contributed by atoms with van der Waals surface area (Å²) >= 11 is 1.54. The van der Waals surface area contributed by atoms with Gasteiger partial charge >= 0.3 is 0 Å². The van der Waals surface area contributed by atoms with Crippen LogP contribution in [0.1, 0.15) is 38.1 Å². The Morgan fingerprint density at radius 3 is 2.76 bits per heavy atom. The average Bonchev–Trinajstić information content (AvgIpc) is 3.04. The van der Waals surface area contributed by atoms with Gasteiger partial charge < -0.3 is 0 Å². The molecule has 1 aromatic rings. The SMILES string of the molecule is CC(C)CCN(Cc1nnc(NN)s1)C1CC1. The number of nitrogens with two attached hydrogens (primary N) is 1. The van der Waals surface area contributed by atoms with Gasteiger partial charge in [-0.15, -0.1) is 10.2 Å². The lowest BCUT2D eigenvalue weighted by Gasteiger charge is -2.21. The molecule has 0 radical (unpaired) electrons. The molecular weight excluding hydrogens is 234 g/mol. The molecule has 17 heavy (non-hydrogen) atoms. The van der Waals surface area contributed by atoms with Gasteiger partial charge in [0, 0.05) is 6.04 Å². The van der Waals surface area contributed by atoms with Crippen molar-refractivity contribution in [3.05, 3.63) is 5.01 Å². The molecule has 0 unspecified atom stereocenters. The Hall–Kier alpha value is -0.720. The van der Waals surface area contributed by atoms with Gasteiger partial charge in [-0.05, 0) is 31.7 Å². The molecule has 2 rings (SSSR count). The second-order valence-corrected chi connectivity index (χ2v) is 6.09. The summed E-state index contributed by atoms with van der Waals surface area (Å²) in [6.07, 6.45) is 3.91. The topological polar surface area (TPSA) is 67.1 Å². The predicted molar refractivity (Wildman–Crippen MR) is 70.6 cm³/mol. The fourth-order valence-corrected chi connectivity index (χ4v) is 2.48. The molecule has 96 valence electrons. The van der Waals surface area contributed by atoms with E-state index in [-0.39, 0.29) is 0 Å². The van der Waals surface area contributed by atoms with Crippen LogP contribution >= 0.6 is 11.3 Å². The van der Waals surface area contributed by atoms with Crippen LogP contribution in [-0.2, 0) is 6.54 Å². The highest BCUT2D eigenvalue weighted by Gasteiger charge is 2.29. The number of hydrazine groups is 1. The Kier molecular flexibility index (Phi) is 4.31. The van der Waals surface area contributed by atoms with Crippen LogP contribution in [-0.4, -0.2) is 27.7 Å². The molecule has 0 aromatic carbocycles. The third-order valence-electron chi connectivity index (χ3n) is 2.99. The molecule has 5 nitrogen and oxygen atoms in total. The van der Waals surface area contributed by atoms with Gasteiger partial charge in [0.2, 0.25) is 5.13 Å². The van der Waals surface area contributed by atoms with Crippen molar-refractivity contribution in [1.82, 2.24) is 15.1 Å². The Morgan fingerprint density at radius 2 is 2.24 bits per heavy atom. The second kappa shape index (κ2) is 5.75. The van der Waals surface area contributed by atoms with Crippen molar-refractivity contribution in [3.8, 4) is 0 Å². The minimum absolute atomic E-state index is 0.694. The van der Waals surface area contributed by atoms with E-state index in [4.69, 9.17) is 5.84 Å². The first-order valence-electron chi connectivity index (χ1n) is 6.22. The molecular formula is C11H21N5S. The number of nitrogen functional groups attached to an aromatic ring is 1. The zero-order chi connectivity index (χ0) is 12.3. The molecule has 1 aromatic heterocycles. The number of nitrogens with one attached hydrogen (secondary N) is 1. The quantitative estimate of drug-likeness (QED) is 0.575. The maximum Gasteiger partial charge on any atom is 0.219 e. The highest BCUT2D eigenvalue weighted by atomic mass is 32.1. The summed E-state index contributed by atoms with van der Waals surface area (Å²) in [6.45, 7) is 6.61. The van der Waals surface area contributed by atoms with Crippen LogP contribution in [0.15, 0.2) is 0 Å². The molecule has 0 bridgehead atoms. The van der Waals surface area contributed by atoms with Gasteiger partial charge in [0.25, 0.3) is 0 Å². The van der Waals surface area contributed by atoms with Crippen molar-refractivity contribution in [1.29, 1.82) is 0 Å². The van der Waals surface area contributed by atoms with Gasteiger partial charge in [-0.1, -0.05) is 25.2 Å². The maximum absolute atomic E-state index is 5.31. The Morgan fingerprint density at radius 1 is 1.47 bits per heavy atom. The standard InChI is InChI=1S/C11H21N5S/c1-8(2)5-6-16(9-3-4-9)7-10-14-15-11(13-12)17-10/h8-9H,3-7,12H2,1-2H3,(H,13,15). The molecule has 6 heteroatoms. The van der Waals surface area contributed by atoms with Gasteiger partial charge in [0.1, 0.15) is 5.01 Å². The molecule has 1 fully saturated rings. The molecule has 1 aliphatic carbocycles. The van der Waals surface area contributed by atoms with Gasteiger partial charge in [-0.2, -0.15) is 0 Å². The van der Waals surface area contributed by atoms with E-state index in [1.807, 2.05) is 0 Å². The zero-order valence-corrected chi connectivity index (χ0v) is 11.3. The predicted octanol–water partition coefficient (Wildman–Crippen LogP) is 1.83. The van der Waals surface area contributed by atoms with E-state index in [1.54, 1.807) is 11.3 Å². The van der Waals surface area contributed by atoms with Gasteiger partial charge in [0.15, 0.2) is 0 Å². The Bertz CT molecular complexity index is 347. The lowest BCUT2D eigenvalue weighted by molar-refractivity contribution is 0.238. The van der Waals surface area contributed by atoms with E-state index in [9.17, 15) is 0 Å². The van der Waals surface area contributed by atoms with Crippen LogP contribution in [0.25, 0.3) is 0 Å². The molecule has 1 aliphatic rings. The normalized spacial score (nSPS) is 15.8. The summed E-state index contributed by atoms with van der Waals surface area (Å²) in [5.41, 5.74) is 2.54. The van der Waals surface area contributed by atoms with Gasteiger partial charge in [-0.3, -0.25) is 10.3 Å². The van der Waals surface area contributed by atoms with Crippen molar-refractivity contribution < 1.29 is 0 Å². The Balaban J connectivity index is 1.88. The van der Waals surface area contributed by atoms with Crippen LogP contribution in [0.5, 0.6) is 0 Å². The highest BCUT2D eigenvalue weighted by molar-refractivity contribution is 7.15. The van der Waals surface area contributed by atoms with Crippen LogP contribution < -0.4 is 11.3 Å². The van der Waals surface area contributed by atoms with E-state index in [1.165, 1.54) is 19.3 Å². The molecule has 3 N–H and O–H groups in total. The van der Waals surface area contributed by atoms with Crippen molar-refractivity contribution in [2.45, 2.75) is 45.7 Å². The van der Waals surface area contributed by atoms with Crippen LogP contribution in [0.3, 0.4) is 0 Å². The summed E-state index contributed by atoms with van der Waals surface area (Å²) < 4.78 is 0. The van der Waals surface area contributed by atoms with Crippen LogP contribution in [0.4, 0.5) is 5.13 Å². The number of hydrogen-bond acceptors (Lipinski definition) is 6. The second-order valence-electron chi connectivity index (χ2n) is 5.03. The van der Waals surface area contributed by atoms with Crippen molar-refractivity contribution in [2.24, 2.45) is 11.8 Å². The van der Waals surface area contributed by atoms with Crippen molar-refractivity contribution in [2.75, 3.05) is 12.0 Å². The highest BCUT2D eigenvalue weighted by Crippen LogP contribution is 2.29. The minimum atomic E-state index is 0.694. The molecule has 0 saturated heterocycles. The molecule has 0 spiro atoms.